The molecule has 0 aliphatic rings. The maximum atomic E-state index is 12.3. The summed E-state index contributed by atoms with van der Waals surface area (Å²) in [7, 11) is 4.02. The van der Waals surface area contributed by atoms with E-state index in [-0.39, 0.29) is 11.6 Å². The van der Waals surface area contributed by atoms with Crippen LogP contribution in [0.1, 0.15) is 27.2 Å². The minimum Gasteiger partial charge on any atom is -0.382 e. The SMILES string of the molecule is CN(C)CCCNC(=O)Nc1c(-c2ccccc2)nn(C(C)(C)C)c1N. The summed E-state index contributed by atoms with van der Waals surface area (Å²) in [6.45, 7) is 7.58. The van der Waals surface area contributed by atoms with Gasteiger partial charge < -0.3 is 21.3 Å². The van der Waals surface area contributed by atoms with Crippen molar-refractivity contribution in [2.75, 3.05) is 38.2 Å². The molecule has 0 spiro atoms. The molecule has 0 unspecified atom stereocenters. The lowest BCUT2D eigenvalue weighted by molar-refractivity contribution is 0.251. The maximum absolute atomic E-state index is 12.3. The van der Waals surface area contributed by atoms with E-state index in [2.05, 4.69) is 20.6 Å². The van der Waals surface area contributed by atoms with E-state index in [1.54, 1.807) is 4.68 Å². The Labute approximate surface area is 155 Å². The summed E-state index contributed by atoms with van der Waals surface area (Å²) < 4.78 is 1.75. The van der Waals surface area contributed by atoms with Gasteiger partial charge >= 0.3 is 6.03 Å². The molecule has 7 heteroatoms. The predicted octanol–water partition coefficient (Wildman–Crippen LogP) is 2.96. The first-order valence-electron chi connectivity index (χ1n) is 8.84. The van der Waals surface area contributed by atoms with Gasteiger partial charge in [-0.05, 0) is 47.8 Å². The zero-order chi connectivity index (χ0) is 19.3. The number of hydrogen-bond acceptors (Lipinski definition) is 4. The van der Waals surface area contributed by atoms with Crippen molar-refractivity contribution in [1.82, 2.24) is 20.0 Å². The van der Waals surface area contributed by atoms with Gasteiger partial charge in [0.15, 0.2) is 0 Å². The van der Waals surface area contributed by atoms with Crippen LogP contribution in [0.2, 0.25) is 0 Å². The third kappa shape index (κ3) is 4.98. The van der Waals surface area contributed by atoms with Gasteiger partial charge in [-0.25, -0.2) is 9.48 Å². The highest BCUT2D eigenvalue weighted by Gasteiger charge is 2.25. The molecule has 4 N–H and O–H groups in total. The molecule has 0 saturated carbocycles. The number of nitrogens with two attached hydrogens (primary N) is 1. The van der Waals surface area contributed by atoms with Crippen LogP contribution in [0, 0.1) is 0 Å². The van der Waals surface area contributed by atoms with Crippen molar-refractivity contribution in [2.45, 2.75) is 32.7 Å². The Morgan fingerprint density at radius 1 is 1.23 bits per heavy atom. The summed E-state index contributed by atoms with van der Waals surface area (Å²) in [6, 6.07) is 9.45. The fourth-order valence-electron chi connectivity index (χ4n) is 2.62. The smallest absolute Gasteiger partial charge is 0.319 e. The molecule has 0 atom stereocenters. The Balaban J connectivity index is 2.23. The number of carbonyl (C=O) groups is 1. The molecule has 1 heterocycles. The molecule has 2 rings (SSSR count). The quantitative estimate of drug-likeness (QED) is 0.693. The Kier molecular flexibility index (Phi) is 6.26. The first-order valence-corrected chi connectivity index (χ1v) is 8.84. The second-order valence-corrected chi connectivity index (χ2v) is 7.60. The fourth-order valence-corrected chi connectivity index (χ4v) is 2.62. The highest BCUT2D eigenvalue weighted by atomic mass is 16.2. The molecule has 0 fully saturated rings. The minimum absolute atomic E-state index is 0.277. The third-order valence-electron chi connectivity index (χ3n) is 3.91. The minimum atomic E-state index is -0.296. The van der Waals surface area contributed by atoms with Gasteiger partial charge in [0.2, 0.25) is 0 Å². The molecular formula is C19H30N6O. The number of rotatable bonds is 6. The molecule has 26 heavy (non-hydrogen) atoms. The molecule has 1 aromatic carbocycles. The third-order valence-corrected chi connectivity index (χ3v) is 3.91. The Bertz CT molecular complexity index is 730. The molecular weight excluding hydrogens is 328 g/mol. The fraction of sp³-hybridized carbons (Fsp3) is 0.474. The van der Waals surface area contributed by atoms with E-state index in [0.717, 1.165) is 18.5 Å². The first-order chi connectivity index (χ1) is 12.2. The van der Waals surface area contributed by atoms with E-state index in [1.807, 2.05) is 65.2 Å². The van der Waals surface area contributed by atoms with Crippen LogP contribution >= 0.6 is 0 Å². The highest BCUT2D eigenvalue weighted by Crippen LogP contribution is 2.35. The second-order valence-electron chi connectivity index (χ2n) is 7.60. The van der Waals surface area contributed by atoms with Crippen molar-refractivity contribution in [2.24, 2.45) is 0 Å². The van der Waals surface area contributed by atoms with Crippen LogP contribution in [0.25, 0.3) is 11.3 Å². The van der Waals surface area contributed by atoms with Gasteiger partial charge in [-0.15, -0.1) is 0 Å². The Morgan fingerprint density at radius 3 is 2.46 bits per heavy atom. The average molecular weight is 358 g/mol. The summed E-state index contributed by atoms with van der Waals surface area (Å²) in [5, 5.41) is 10.4. The van der Waals surface area contributed by atoms with Crippen LogP contribution in [0.15, 0.2) is 30.3 Å². The summed E-state index contributed by atoms with van der Waals surface area (Å²) >= 11 is 0. The largest absolute Gasteiger partial charge is 0.382 e. The van der Waals surface area contributed by atoms with Gasteiger partial charge in [0.1, 0.15) is 17.2 Å². The maximum Gasteiger partial charge on any atom is 0.319 e. The van der Waals surface area contributed by atoms with E-state index in [9.17, 15) is 4.79 Å². The number of amides is 2. The lowest BCUT2D eigenvalue weighted by Crippen LogP contribution is -2.31. The lowest BCUT2D eigenvalue weighted by Gasteiger charge is -2.20. The Hall–Kier alpha value is -2.54. The zero-order valence-electron chi connectivity index (χ0n) is 16.3. The zero-order valence-corrected chi connectivity index (χ0v) is 16.3. The normalized spacial score (nSPS) is 11.6. The summed E-state index contributed by atoms with van der Waals surface area (Å²) in [5.74, 6) is 0.444. The number of aromatic nitrogens is 2. The topological polar surface area (TPSA) is 88.2 Å². The summed E-state index contributed by atoms with van der Waals surface area (Å²) in [5.41, 5.74) is 8.14. The average Bonchev–Trinajstić information content (AvgIpc) is 2.89. The van der Waals surface area contributed by atoms with Gasteiger partial charge in [-0.3, -0.25) is 0 Å². The van der Waals surface area contributed by atoms with Crippen molar-refractivity contribution in [3.63, 3.8) is 0 Å². The van der Waals surface area contributed by atoms with Gasteiger partial charge in [-0.2, -0.15) is 5.10 Å². The molecule has 2 aromatic rings. The van der Waals surface area contributed by atoms with Crippen molar-refractivity contribution in [3.05, 3.63) is 30.3 Å². The van der Waals surface area contributed by atoms with Crippen LogP contribution in [0.4, 0.5) is 16.3 Å². The number of hydrogen-bond donors (Lipinski definition) is 3. The number of benzene rings is 1. The van der Waals surface area contributed by atoms with Gasteiger partial charge in [0, 0.05) is 12.1 Å². The van der Waals surface area contributed by atoms with Crippen LogP contribution in [0.3, 0.4) is 0 Å². The summed E-state index contributed by atoms with van der Waals surface area (Å²) in [6.07, 6.45) is 0.878. The first kappa shape index (κ1) is 19.8. The molecule has 0 saturated heterocycles. The van der Waals surface area contributed by atoms with Crippen LogP contribution < -0.4 is 16.4 Å². The number of urea groups is 1. The Morgan fingerprint density at radius 2 is 1.88 bits per heavy atom. The molecule has 0 aliphatic carbocycles. The summed E-state index contributed by atoms with van der Waals surface area (Å²) in [4.78, 5) is 14.4. The lowest BCUT2D eigenvalue weighted by atomic mass is 10.1. The van der Waals surface area contributed by atoms with Crippen molar-refractivity contribution < 1.29 is 4.79 Å². The van der Waals surface area contributed by atoms with Crippen molar-refractivity contribution in [3.8, 4) is 11.3 Å². The monoisotopic (exact) mass is 358 g/mol. The van der Waals surface area contributed by atoms with Crippen LogP contribution in [-0.4, -0.2) is 47.9 Å². The molecule has 1 aromatic heterocycles. The second kappa shape index (κ2) is 8.23. The van der Waals surface area contributed by atoms with E-state index in [4.69, 9.17) is 5.73 Å². The molecule has 0 radical (unpaired) electrons. The van der Waals surface area contributed by atoms with E-state index >= 15 is 0 Å². The molecule has 2 amide bonds. The molecule has 0 bridgehead atoms. The molecule has 142 valence electrons. The van der Waals surface area contributed by atoms with Crippen molar-refractivity contribution >= 4 is 17.5 Å². The number of carbonyl (C=O) groups excluding carboxylic acids is 1. The number of anilines is 2. The number of nitrogens with one attached hydrogen (secondary N) is 2. The molecule has 7 nitrogen and oxygen atoms in total. The molecule has 0 aliphatic heterocycles. The van der Waals surface area contributed by atoms with E-state index < -0.39 is 0 Å². The van der Waals surface area contributed by atoms with Gasteiger partial charge in [-0.1, -0.05) is 30.3 Å². The van der Waals surface area contributed by atoms with E-state index in [0.29, 0.717) is 23.7 Å². The standard InChI is InChI=1S/C19H30N6O/c1-19(2,3)25-17(20)16(15(23-25)14-10-7-6-8-11-14)22-18(26)21-12-9-13-24(4)5/h6-8,10-11H,9,12-13,20H2,1-5H3,(H2,21,22,26). The number of nitrogen functional groups attached to an aromatic ring is 1. The van der Waals surface area contributed by atoms with Gasteiger partial charge in [0.05, 0.1) is 5.54 Å². The van der Waals surface area contributed by atoms with Crippen LogP contribution in [0.5, 0.6) is 0 Å². The van der Waals surface area contributed by atoms with Crippen molar-refractivity contribution in [1.29, 1.82) is 0 Å². The number of nitrogens with zero attached hydrogens (tertiary/aromatic N) is 3. The predicted molar refractivity (Wildman–Crippen MR) is 107 cm³/mol. The van der Waals surface area contributed by atoms with Gasteiger partial charge in [0.25, 0.3) is 0 Å². The highest BCUT2D eigenvalue weighted by molar-refractivity contribution is 5.97. The van der Waals surface area contributed by atoms with E-state index in [1.165, 1.54) is 0 Å². The van der Waals surface area contributed by atoms with Crippen LogP contribution in [-0.2, 0) is 5.54 Å².